The van der Waals surface area contributed by atoms with E-state index in [1.54, 1.807) is 11.3 Å². The molecule has 2 rings (SSSR count). The Morgan fingerprint density at radius 2 is 2.43 bits per heavy atom. The monoisotopic (exact) mass is 225 g/mol. The number of thiophene rings is 1. The fraction of sp³-hybridized carbons (Fsp3) is 0.111. The molecule has 0 radical (unpaired) electrons. The summed E-state index contributed by atoms with van der Waals surface area (Å²) >= 11 is 7.26. The molecule has 0 aliphatic carbocycles. The van der Waals surface area contributed by atoms with Crippen molar-refractivity contribution in [1.29, 1.82) is 0 Å². The molecule has 72 valence electrons. The molecular formula is C9H8ClN3S. The van der Waals surface area contributed by atoms with Gasteiger partial charge in [0, 0.05) is 5.03 Å². The van der Waals surface area contributed by atoms with Crippen LogP contribution in [0.2, 0.25) is 0 Å². The van der Waals surface area contributed by atoms with Crippen LogP contribution in [0, 0.1) is 0 Å². The van der Waals surface area contributed by atoms with Crippen LogP contribution in [-0.4, -0.2) is 16.5 Å². The zero-order valence-electron chi connectivity index (χ0n) is 7.33. The first-order valence-electron chi connectivity index (χ1n) is 4.03. The Bertz CT molecular complexity index is 466. The van der Waals surface area contributed by atoms with Gasteiger partial charge in [-0.2, -0.15) is 0 Å². The van der Waals surface area contributed by atoms with Crippen LogP contribution in [0.4, 0.5) is 5.82 Å². The summed E-state index contributed by atoms with van der Waals surface area (Å²) in [5.41, 5.74) is 0.952. The summed E-state index contributed by atoms with van der Waals surface area (Å²) in [7, 11) is 0. The fourth-order valence-electron chi connectivity index (χ4n) is 1.09. The Hall–Kier alpha value is -1.13. The molecule has 0 aromatic carbocycles. The predicted octanol–water partition coefficient (Wildman–Crippen LogP) is 2.86. The molecule has 2 heterocycles. The number of hydrogen-bond acceptors (Lipinski definition) is 4. The third-order valence-electron chi connectivity index (χ3n) is 1.69. The molecule has 2 aromatic rings. The van der Waals surface area contributed by atoms with E-state index in [2.05, 4.69) is 21.9 Å². The van der Waals surface area contributed by atoms with Crippen LogP contribution in [0.3, 0.4) is 0 Å². The Balaban J connectivity index is 2.32. The highest BCUT2D eigenvalue weighted by Crippen LogP contribution is 2.24. The standard InChI is InChI=1S/C9H8ClN3S/c1-6(10)4-11-9-8-7(2-3-14-8)12-5-13-9/h2-3,5H,1,4H2,(H,11,12,13). The molecule has 0 saturated heterocycles. The first-order chi connectivity index (χ1) is 6.77. The van der Waals surface area contributed by atoms with Gasteiger partial charge in [0.05, 0.1) is 16.8 Å². The zero-order valence-corrected chi connectivity index (χ0v) is 8.90. The van der Waals surface area contributed by atoms with Crippen molar-refractivity contribution in [2.45, 2.75) is 0 Å². The second kappa shape index (κ2) is 3.94. The third-order valence-corrected chi connectivity index (χ3v) is 2.73. The second-order valence-corrected chi connectivity index (χ2v) is 4.18. The highest BCUT2D eigenvalue weighted by molar-refractivity contribution is 7.17. The van der Waals surface area contributed by atoms with Gasteiger partial charge in [-0.05, 0) is 11.4 Å². The van der Waals surface area contributed by atoms with Crippen LogP contribution in [0.1, 0.15) is 0 Å². The average Bonchev–Trinajstić information content (AvgIpc) is 2.62. The molecule has 0 saturated carbocycles. The van der Waals surface area contributed by atoms with E-state index in [-0.39, 0.29) is 0 Å². The van der Waals surface area contributed by atoms with E-state index in [4.69, 9.17) is 11.6 Å². The molecule has 2 aromatic heterocycles. The van der Waals surface area contributed by atoms with Crippen molar-refractivity contribution in [2.75, 3.05) is 11.9 Å². The molecular weight excluding hydrogens is 218 g/mol. The van der Waals surface area contributed by atoms with E-state index in [0.29, 0.717) is 11.6 Å². The minimum Gasteiger partial charge on any atom is -0.364 e. The van der Waals surface area contributed by atoms with Gasteiger partial charge < -0.3 is 5.32 Å². The van der Waals surface area contributed by atoms with Gasteiger partial charge in [-0.25, -0.2) is 9.97 Å². The molecule has 0 bridgehead atoms. The van der Waals surface area contributed by atoms with Gasteiger partial charge in [-0.3, -0.25) is 0 Å². The van der Waals surface area contributed by atoms with Gasteiger partial charge in [0.2, 0.25) is 0 Å². The van der Waals surface area contributed by atoms with Crippen LogP contribution in [-0.2, 0) is 0 Å². The first-order valence-corrected chi connectivity index (χ1v) is 5.28. The summed E-state index contributed by atoms with van der Waals surface area (Å²) in [6.45, 7) is 4.12. The highest BCUT2D eigenvalue weighted by atomic mass is 35.5. The van der Waals surface area contributed by atoms with Crippen LogP contribution < -0.4 is 5.32 Å². The van der Waals surface area contributed by atoms with E-state index in [9.17, 15) is 0 Å². The van der Waals surface area contributed by atoms with E-state index in [1.807, 2.05) is 11.4 Å². The topological polar surface area (TPSA) is 37.8 Å². The summed E-state index contributed by atoms with van der Waals surface area (Å²) < 4.78 is 1.05. The number of aromatic nitrogens is 2. The molecule has 0 aliphatic heterocycles. The molecule has 0 fully saturated rings. The van der Waals surface area contributed by atoms with Gasteiger partial charge in [-0.15, -0.1) is 11.3 Å². The molecule has 0 aliphatic rings. The maximum atomic E-state index is 5.66. The molecule has 3 nitrogen and oxygen atoms in total. The lowest BCUT2D eigenvalue weighted by Gasteiger charge is -2.03. The van der Waals surface area contributed by atoms with Crippen LogP contribution in [0.25, 0.3) is 10.2 Å². The SMILES string of the molecule is C=C(Cl)CNc1ncnc2ccsc12. The molecule has 0 amide bonds. The average molecular weight is 226 g/mol. The molecule has 0 atom stereocenters. The number of nitrogens with one attached hydrogen (secondary N) is 1. The number of rotatable bonds is 3. The van der Waals surface area contributed by atoms with Gasteiger partial charge in [0.1, 0.15) is 12.1 Å². The summed E-state index contributed by atoms with van der Waals surface area (Å²) in [6, 6.07) is 1.96. The Morgan fingerprint density at radius 1 is 1.57 bits per heavy atom. The number of hydrogen-bond donors (Lipinski definition) is 1. The Labute approximate surface area is 90.5 Å². The smallest absolute Gasteiger partial charge is 0.147 e. The highest BCUT2D eigenvalue weighted by Gasteiger charge is 2.03. The van der Waals surface area contributed by atoms with Gasteiger partial charge >= 0.3 is 0 Å². The number of fused-ring (bicyclic) bond motifs is 1. The fourth-order valence-corrected chi connectivity index (χ4v) is 1.97. The van der Waals surface area contributed by atoms with Crippen molar-refractivity contribution in [3.63, 3.8) is 0 Å². The van der Waals surface area contributed by atoms with Gasteiger partial charge in [0.15, 0.2) is 0 Å². The predicted molar refractivity (Wildman–Crippen MR) is 60.9 cm³/mol. The van der Waals surface area contributed by atoms with Crippen molar-refractivity contribution in [3.8, 4) is 0 Å². The quantitative estimate of drug-likeness (QED) is 0.873. The van der Waals surface area contributed by atoms with Crippen LogP contribution in [0.5, 0.6) is 0 Å². The maximum Gasteiger partial charge on any atom is 0.147 e. The molecule has 0 spiro atoms. The van der Waals surface area contributed by atoms with Crippen LogP contribution in [0.15, 0.2) is 29.4 Å². The largest absolute Gasteiger partial charge is 0.364 e. The van der Waals surface area contributed by atoms with Crippen molar-refractivity contribution in [1.82, 2.24) is 9.97 Å². The molecule has 14 heavy (non-hydrogen) atoms. The molecule has 1 N–H and O–H groups in total. The normalized spacial score (nSPS) is 10.4. The van der Waals surface area contributed by atoms with E-state index in [1.165, 1.54) is 6.33 Å². The summed E-state index contributed by atoms with van der Waals surface area (Å²) in [6.07, 6.45) is 1.54. The number of halogens is 1. The van der Waals surface area contributed by atoms with E-state index >= 15 is 0 Å². The summed E-state index contributed by atoms with van der Waals surface area (Å²) in [4.78, 5) is 8.27. The third kappa shape index (κ3) is 1.86. The minimum absolute atomic E-state index is 0.519. The van der Waals surface area contributed by atoms with E-state index in [0.717, 1.165) is 16.0 Å². The lowest BCUT2D eigenvalue weighted by atomic mass is 10.4. The Kier molecular flexibility index (Phi) is 2.65. The molecule has 0 unspecified atom stereocenters. The van der Waals surface area contributed by atoms with Crippen molar-refractivity contribution < 1.29 is 0 Å². The lowest BCUT2D eigenvalue weighted by Crippen LogP contribution is -2.02. The Morgan fingerprint density at radius 3 is 3.21 bits per heavy atom. The van der Waals surface area contributed by atoms with Gasteiger partial charge in [-0.1, -0.05) is 18.2 Å². The minimum atomic E-state index is 0.519. The molecule has 5 heteroatoms. The van der Waals surface area contributed by atoms with Crippen molar-refractivity contribution in [2.24, 2.45) is 0 Å². The van der Waals surface area contributed by atoms with Crippen LogP contribution >= 0.6 is 22.9 Å². The van der Waals surface area contributed by atoms with Crippen molar-refractivity contribution in [3.05, 3.63) is 29.4 Å². The lowest BCUT2D eigenvalue weighted by molar-refractivity contribution is 1.18. The van der Waals surface area contributed by atoms with E-state index < -0.39 is 0 Å². The summed E-state index contributed by atoms with van der Waals surface area (Å²) in [5.74, 6) is 0.812. The van der Waals surface area contributed by atoms with Crippen molar-refractivity contribution >= 4 is 39.0 Å². The second-order valence-electron chi connectivity index (χ2n) is 2.73. The number of nitrogens with zero attached hydrogens (tertiary/aromatic N) is 2. The number of anilines is 1. The summed E-state index contributed by atoms with van der Waals surface area (Å²) in [5, 5.41) is 5.65. The first kappa shape index (κ1) is 9.43. The maximum absolute atomic E-state index is 5.66. The van der Waals surface area contributed by atoms with Gasteiger partial charge in [0.25, 0.3) is 0 Å². The zero-order chi connectivity index (χ0) is 9.97.